The van der Waals surface area contributed by atoms with Crippen molar-refractivity contribution < 1.29 is 20.1 Å². The Morgan fingerprint density at radius 1 is 1.15 bits per heavy atom. The van der Waals surface area contributed by atoms with E-state index in [2.05, 4.69) is 0 Å². The molecule has 0 aromatic heterocycles. The molecule has 0 spiro atoms. The molecule has 0 aliphatic heterocycles. The lowest BCUT2D eigenvalue weighted by atomic mass is 10.2. The van der Waals surface area contributed by atoms with E-state index < -0.39 is 6.16 Å². The second kappa shape index (κ2) is 8.51. The number of aliphatic hydroxyl groups is 1. The topological polar surface area (TPSA) is 113 Å². The van der Waals surface area contributed by atoms with Crippen LogP contribution in [-0.2, 0) is 6.61 Å². The summed E-state index contributed by atoms with van der Waals surface area (Å²) in [5, 5.41) is 22.5. The zero-order valence-electron chi connectivity index (χ0n) is 7.05. The van der Waals surface area contributed by atoms with Crippen LogP contribution in [-0.4, -0.2) is 21.5 Å². The molecule has 74 valence electrons. The fourth-order valence-electron chi connectivity index (χ4n) is 0.583. The molecule has 0 radical (unpaired) electrons. The van der Waals surface area contributed by atoms with Gasteiger partial charge in [0.1, 0.15) is 0 Å². The Morgan fingerprint density at radius 3 is 1.77 bits per heavy atom. The Morgan fingerprint density at radius 2 is 1.54 bits per heavy atom. The highest BCUT2D eigenvalue weighted by molar-refractivity contribution is 5.53. The lowest BCUT2D eigenvalue weighted by molar-refractivity contribution is 0.137. The van der Waals surface area contributed by atoms with Gasteiger partial charge in [-0.25, -0.2) is 4.79 Å². The fourth-order valence-corrected chi connectivity index (χ4v) is 0.583. The van der Waals surface area contributed by atoms with Crippen molar-refractivity contribution in [1.82, 2.24) is 6.15 Å². The summed E-state index contributed by atoms with van der Waals surface area (Å²) < 4.78 is 0. The van der Waals surface area contributed by atoms with Gasteiger partial charge in [0.2, 0.25) is 0 Å². The number of carboxylic acid groups (broad SMARTS) is 2. The van der Waals surface area contributed by atoms with E-state index in [0.717, 1.165) is 5.56 Å². The SMILES string of the molecule is N.O=C(O)O.OCc1ccccc1. The molecular formula is C8H13NO4. The van der Waals surface area contributed by atoms with E-state index >= 15 is 0 Å². The molecule has 0 heterocycles. The highest BCUT2D eigenvalue weighted by Gasteiger charge is 1.81. The van der Waals surface area contributed by atoms with Gasteiger partial charge in [0.25, 0.3) is 0 Å². The summed E-state index contributed by atoms with van der Waals surface area (Å²) in [5.74, 6) is 0. The first kappa shape index (κ1) is 14.0. The summed E-state index contributed by atoms with van der Waals surface area (Å²) in [4.78, 5) is 8.56. The van der Waals surface area contributed by atoms with Crippen LogP contribution in [0.1, 0.15) is 5.56 Å². The van der Waals surface area contributed by atoms with E-state index in [-0.39, 0.29) is 12.8 Å². The monoisotopic (exact) mass is 187 g/mol. The number of aliphatic hydroxyl groups excluding tert-OH is 1. The van der Waals surface area contributed by atoms with Crippen molar-refractivity contribution in [3.05, 3.63) is 35.9 Å². The zero-order valence-corrected chi connectivity index (χ0v) is 7.05. The molecule has 5 nitrogen and oxygen atoms in total. The summed E-state index contributed by atoms with van der Waals surface area (Å²) in [6.45, 7) is 0.140. The molecule has 5 heteroatoms. The van der Waals surface area contributed by atoms with Gasteiger partial charge in [0.05, 0.1) is 6.61 Å². The van der Waals surface area contributed by atoms with Crippen molar-refractivity contribution in [3.8, 4) is 0 Å². The third-order valence-electron chi connectivity index (χ3n) is 1.03. The molecule has 0 saturated heterocycles. The van der Waals surface area contributed by atoms with Gasteiger partial charge in [-0.2, -0.15) is 0 Å². The summed E-state index contributed by atoms with van der Waals surface area (Å²) in [6, 6.07) is 9.52. The third kappa shape index (κ3) is 10.4. The maximum atomic E-state index is 8.56. The average molecular weight is 187 g/mol. The molecule has 0 unspecified atom stereocenters. The first-order valence-corrected chi connectivity index (χ1v) is 3.23. The zero-order chi connectivity index (χ0) is 9.40. The third-order valence-corrected chi connectivity index (χ3v) is 1.03. The minimum atomic E-state index is -1.83. The van der Waals surface area contributed by atoms with Gasteiger partial charge in [-0.3, -0.25) is 0 Å². The summed E-state index contributed by atoms with van der Waals surface area (Å²) in [7, 11) is 0. The molecule has 0 saturated carbocycles. The van der Waals surface area contributed by atoms with Gasteiger partial charge >= 0.3 is 6.16 Å². The maximum Gasteiger partial charge on any atom is 0.503 e. The maximum absolute atomic E-state index is 8.56. The van der Waals surface area contributed by atoms with E-state index in [1.165, 1.54) is 0 Å². The van der Waals surface area contributed by atoms with Gasteiger partial charge in [-0.05, 0) is 5.56 Å². The highest BCUT2D eigenvalue weighted by atomic mass is 16.6. The smallest absolute Gasteiger partial charge is 0.450 e. The van der Waals surface area contributed by atoms with Crippen LogP contribution in [0.25, 0.3) is 0 Å². The minimum absolute atomic E-state index is 0. The normalized spacial score (nSPS) is 7.46. The molecule has 6 N–H and O–H groups in total. The van der Waals surface area contributed by atoms with E-state index in [1.807, 2.05) is 30.3 Å². The van der Waals surface area contributed by atoms with E-state index in [9.17, 15) is 0 Å². The van der Waals surface area contributed by atoms with E-state index in [0.29, 0.717) is 0 Å². The second-order valence-corrected chi connectivity index (χ2v) is 1.93. The molecule has 0 fully saturated rings. The summed E-state index contributed by atoms with van der Waals surface area (Å²) >= 11 is 0. The van der Waals surface area contributed by atoms with Crippen molar-refractivity contribution in [2.24, 2.45) is 0 Å². The first-order chi connectivity index (χ1) is 5.66. The molecule has 0 aliphatic carbocycles. The number of carbonyl (C=O) groups is 1. The molecule has 1 aromatic rings. The molecule has 0 bridgehead atoms. The van der Waals surface area contributed by atoms with Crippen LogP contribution >= 0.6 is 0 Å². The molecule has 1 rings (SSSR count). The van der Waals surface area contributed by atoms with E-state index in [4.69, 9.17) is 20.1 Å². The molecular weight excluding hydrogens is 174 g/mol. The summed E-state index contributed by atoms with van der Waals surface area (Å²) in [5.41, 5.74) is 0.965. The van der Waals surface area contributed by atoms with Gasteiger partial charge in [0, 0.05) is 0 Å². The number of hydrogen-bond acceptors (Lipinski definition) is 3. The molecule has 0 atom stereocenters. The van der Waals surface area contributed by atoms with Crippen LogP contribution in [0, 0.1) is 0 Å². The second-order valence-electron chi connectivity index (χ2n) is 1.93. The van der Waals surface area contributed by atoms with Gasteiger partial charge < -0.3 is 21.5 Å². The van der Waals surface area contributed by atoms with Crippen LogP contribution < -0.4 is 6.15 Å². The Bertz CT molecular complexity index is 221. The Kier molecular flexibility index (Phi) is 9.14. The average Bonchev–Trinajstić information content (AvgIpc) is 2.05. The Balaban J connectivity index is 0. The van der Waals surface area contributed by atoms with Crippen LogP contribution in [0.4, 0.5) is 4.79 Å². The Hall–Kier alpha value is -1.59. The molecule has 0 amide bonds. The lowest BCUT2D eigenvalue weighted by Crippen LogP contribution is -1.81. The standard InChI is InChI=1S/C7H8O.CH2O3.H3N/c8-6-7-4-2-1-3-5-7;2-1(3)4;/h1-5,8H,6H2;(H2,2,3,4);1H3. The number of benzene rings is 1. The van der Waals surface area contributed by atoms with Gasteiger partial charge in [0.15, 0.2) is 0 Å². The fraction of sp³-hybridized carbons (Fsp3) is 0.125. The van der Waals surface area contributed by atoms with Crippen molar-refractivity contribution in [2.75, 3.05) is 0 Å². The molecule has 1 aromatic carbocycles. The van der Waals surface area contributed by atoms with Gasteiger partial charge in [-0.15, -0.1) is 0 Å². The predicted octanol–water partition coefficient (Wildman–Crippen LogP) is 1.56. The lowest BCUT2D eigenvalue weighted by Gasteiger charge is -1.89. The van der Waals surface area contributed by atoms with E-state index in [1.54, 1.807) is 0 Å². The van der Waals surface area contributed by atoms with Crippen molar-refractivity contribution in [1.29, 1.82) is 0 Å². The Labute approximate surface area is 75.8 Å². The van der Waals surface area contributed by atoms with Crippen molar-refractivity contribution >= 4 is 6.16 Å². The largest absolute Gasteiger partial charge is 0.503 e. The predicted molar refractivity (Wildman–Crippen MR) is 48.0 cm³/mol. The van der Waals surface area contributed by atoms with Crippen LogP contribution in [0.2, 0.25) is 0 Å². The molecule has 0 aliphatic rings. The number of hydrogen-bond donors (Lipinski definition) is 4. The number of rotatable bonds is 1. The van der Waals surface area contributed by atoms with Crippen LogP contribution in [0.15, 0.2) is 30.3 Å². The minimum Gasteiger partial charge on any atom is -0.450 e. The quantitative estimate of drug-likeness (QED) is 0.532. The van der Waals surface area contributed by atoms with Crippen LogP contribution in [0.5, 0.6) is 0 Å². The summed E-state index contributed by atoms with van der Waals surface area (Å²) in [6.07, 6.45) is -1.83. The van der Waals surface area contributed by atoms with Crippen molar-refractivity contribution in [2.45, 2.75) is 6.61 Å². The highest BCUT2D eigenvalue weighted by Crippen LogP contribution is 1.95. The van der Waals surface area contributed by atoms with Crippen molar-refractivity contribution in [3.63, 3.8) is 0 Å². The van der Waals surface area contributed by atoms with Gasteiger partial charge in [-0.1, -0.05) is 30.3 Å². The van der Waals surface area contributed by atoms with Crippen LogP contribution in [0.3, 0.4) is 0 Å². The molecule has 13 heavy (non-hydrogen) atoms. The first-order valence-electron chi connectivity index (χ1n) is 3.23.